The van der Waals surface area contributed by atoms with E-state index in [0.29, 0.717) is 33.2 Å². The first kappa shape index (κ1) is 19.7. The summed E-state index contributed by atoms with van der Waals surface area (Å²) in [7, 11) is 0. The number of hydrogen-bond acceptors (Lipinski definition) is 4. The van der Waals surface area contributed by atoms with E-state index in [4.69, 9.17) is 20.8 Å². The smallest absolute Gasteiger partial charge is 0.344 e. The summed E-state index contributed by atoms with van der Waals surface area (Å²) in [6.45, 7) is 1.82. The van der Waals surface area contributed by atoms with Crippen molar-refractivity contribution in [1.82, 2.24) is 0 Å². The molecular weight excluding hydrogens is 402 g/mol. The molecule has 1 N–H and O–H groups in total. The lowest BCUT2D eigenvalue weighted by molar-refractivity contribution is -0.118. The molecule has 0 unspecified atom stereocenters. The Bertz CT molecular complexity index is 1300. The third-order valence-corrected chi connectivity index (χ3v) is 4.86. The lowest BCUT2D eigenvalue weighted by Crippen LogP contribution is -2.20. The van der Waals surface area contributed by atoms with Crippen LogP contribution in [0.5, 0.6) is 5.75 Å². The summed E-state index contributed by atoms with van der Waals surface area (Å²) >= 11 is 6.40. The number of halogens is 1. The Balaban J connectivity index is 1.50. The molecule has 30 heavy (non-hydrogen) atoms. The van der Waals surface area contributed by atoms with Crippen molar-refractivity contribution in [2.24, 2.45) is 0 Å². The maximum Gasteiger partial charge on any atom is 0.344 e. The number of carbonyl (C=O) groups is 1. The molecule has 150 valence electrons. The van der Waals surface area contributed by atoms with Crippen LogP contribution in [0.25, 0.3) is 22.1 Å². The molecule has 4 aromatic rings. The van der Waals surface area contributed by atoms with Crippen LogP contribution in [-0.4, -0.2) is 12.5 Å². The number of anilines is 1. The number of amides is 1. The van der Waals surface area contributed by atoms with Gasteiger partial charge in [-0.05, 0) is 48.9 Å². The van der Waals surface area contributed by atoms with Crippen molar-refractivity contribution in [3.8, 4) is 16.9 Å². The van der Waals surface area contributed by atoms with Crippen LogP contribution < -0.4 is 15.7 Å². The summed E-state index contributed by atoms with van der Waals surface area (Å²) in [4.78, 5) is 24.6. The first-order valence-electron chi connectivity index (χ1n) is 9.32. The van der Waals surface area contributed by atoms with E-state index in [2.05, 4.69) is 5.32 Å². The zero-order valence-electron chi connectivity index (χ0n) is 16.1. The predicted molar refractivity (Wildman–Crippen MR) is 118 cm³/mol. The number of fused-ring (bicyclic) bond motifs is 1. The van der Waals surface area contributed by atoms with Crippen molar-refractivity contribution in [2.75, 3.05) is 11.9 Å². The second kappa shape index (κ2) is 8.43. The Morgan fingerprint density at radius 3 is 2.63 bits per heavy atom. The Morgan fingerprint density at radius 2 is 1.83 bits per heavy atom. The molecule has 0 aliphatic heterocycles. The number of rotatable bonds is 5. The minimum atomic E-state index is -0.473. The van der Waals surface area contributed by atoms with Gasteiger partial charge in [-0.15, -0.1) is 0 Å². The SMILES string of the molecule is Cc1cccc(OCC(=O)Nc2ccc(-c3cc4ccccc4oc3=O)c(Cl)c2)c1. The molecule has 5 nitrogen and oxygen atoms in total. The van der Waals surface area contributed by atoms with E-state index in [9.17, 15) is 9.59 Å². The van der Waals surface area contributed by atoms with Gasteiger partial charge in [0.1, 0.15) is 11.3 Å². The highest BCUT2D eigenvalue weighted by atomic mass is 35.5. The second-order valence-electron chi connectivity index (χ2n) is 6.83. The van der Waals surface area contributed by atoms with Gasteiger partial charge in [-0.3, -0.25) is 4.79 Å². The van der Waals surface area contributed by atoms with Crippen LogP contribution in [-0.2, 0) is 4.79 Å². The topological polar surface area (TPSA) is 68.5 Å². The Hall–Kier alpha value is -3.57. The number of para-hydroxylation sites is 1. The van der Waals surface area contributed by atoms with Gasteiger partial charge in [0.15, 0.2) is 6.61 Å². The molecule has 1 aromatic heterocycles. The van der Waals surface area contributed by atoms with Crippen LogP contribution in [0.2, 0.25) is 5.02 Å². The zero-order valence-corrected chi connectivity index (χ0v) is 16.9. The fourth-order valence-corrected chi connectivity index (χ4v) is 3.39. The third-order valence-electron chi connectivity index (χ3n) is 4.54. The van der Waals surface area contributed by atoms with Crippen molar-refractivity contribution < 1.29 is 13.9 Å². The molecule has 3 aromatic carbocycles. The van der Waals surface area contributed by atoms with Crippen molar-refractivity contribution in [1.29, 1.82) is 0 Å². The van der Waals surface area contributed by atoms with Crippen LogP contribution in [0.4, 0.5) is 5.69 Å². The quantitative estimate of drug-likeness (QED) is 0.437. The van der Waals surface area contributed by atoms with Crippen LogP contribution in [0.15, 0.2) is 82.0 Å². The molecule has 0 bridgehead atoms. The van der Waals surface area contributed by atoms with Crippen LogP contribution >= 0.6 is 11.6 Å². The summed E-state index contributed by atoms with van der Waals surface area (Å²) in [5.41, 5.74) is 2.49. The van der Waals surface area contributed by atoms with Crippen LogP contribution in [0.1, 0.15) is 5.56 Å². The molecule has 1 amide bonds. The summed E-state index contributed by atoms with van der Waals surface area (Å²) in [5.74, 6) is 0.312. The maximum absolute atomic E-state index is 12.4. The molecule has 0 saturated heterocycles. The van der Waals surface area contributed by atoms with E-state index in [1.165, 1.54) is 0 Å². The van der Waals surface area contributed by atoms with Crippen molar-refractivity contribution >= 4 is 34.2 Å². The summed E-state index contributed by atoms with van der Waals surface area (Å²) in [5, 5.41) is 3.87. The van der Waals surface area contributed by atoms with E-state index in [-0.39, 0.29) is 12.5 Å². The number of carbonyl (C=O) groups excluding carboxylic acids is 1. The standard InChI is InChI=1S/C24H18ClNO4/c1-15-5-4-7-18(11-15)29-14-23(27)26-17-9-10-19(21(25)13-17)20-12-16-6-2-3-8-22(16)30-24(20)28/h2-13H,14H2,1H3,(H,26,27). The van der Waals surface area contributed by atoms with Gasteiger partial charge in [0, 0.05) is 16.6 Å². The third kappa shape index (κ3) is 4.36. The van der Waals surface area contributed by atoms with Gasteiger partial charge in [-0.25, -0.2) is 4.79 Å². The molecule has 0 fully saturated rings. The monoisotopic (exact) mass is 419 g/mol. The Kier molecular flexibility index (Phi) is 5.55. The second-order valence-corrected chi connectivity index (χ2v) is 7.24. The summed E-state index contributed by atoms with van der Waals surface area (Å²) in [6.07, 6.45) is 0. The number of hydrogen-bond donors (Lipinski definition) is 1. The minimum Gasteiger partial charge on any atom is -0.484 e. The highest BCUT2D eigenvalue weighted by molar-refractivity contribution is 6.33. The van der Waals surface area contributed by atoms with Gasteiger partial charge < -0.3 is 14.5 Å². The van der Waals surface area contributed by atoms with E-state index >= 15 is 0 Å². The Morgan fingerprint density at radius 1 is 1.00 bits per heavy atom. The van der Waals surface area contributed by atoms with Gasteiger partial charge in [0.2, 0.25) is 0 Å². The number of benzene rings is 3. The van der Waals surface area contributed by atoms with E-state index < -0.39 is 5.63 Å². The molecule has 0 aliphatic rings. The lowest BCUT2D eigenvalue weighted by Gasteiger charge is -2.10. The number of nitrogens with one attached hydrogen (secondary N) is 1. The van der Waals surface area contributed by atoms with Gasteiger partial charge in [-0.2, -0.15) is 0 Å². The normalized spacial score (nSPS) is 10.7. The van der Waals surface area contributed by atoms with Crippen LogP contribution in [0.3, 0.4) is 0 Å². The van der Waals surface area contributed by atoms with Crippen molar-refractivity contribution in [3.63, 3.8) is 0 Å². The van der Waals surface area contributed by atoms with E-state index in [1.54, 1.807) is 42.5 Å². The average molecular weight is 420 g/mol. The molecule has 4 rings (SSSR count). The largest absolute Gasteiger partial charge is 0.484 e. The van der Waals surface area contributed by atoms with Gasteiger partial charge >= 0.3 is 5.63 Å². The first-order valence-corrected chi connectivity index (χ1v) is 9.69. The summed E-state index contributed by atoms with van der Waals surface area (Å²) in [6, 6.07) is 21.4. The molecular formula is C24H18ClNO4. The molecule has 0 radical (unpaired) electrons. The number of aryl methyl sites for hydroxylation is 1. The van der Waals surface area contributed by atoms with Gasteiger partial charge in [-0.1, -0.05) is 48.0 Å². The lowest BCUT2D eigenvalue weighted by atomic mass is 10.1. The zero-order chi connectivity index (χ0) is 21.1. The van der Waals surface area contributed by atoms with Gasteiger partial charge in [0.05, 0.1) is 10.6 Å². The molecule has 0 saturated carbocycles. The number of ether oxygens (including phenoxy) is 1. The molecule has 0 spiro atoms. The molecule has 0 aliphatic carbocycles. The predicted octanol–water partition coefficient (Wildman–Crippen LogP) is 5.44. The molecule has 6 heteroatoms. The van der Waals surface area contributed by atoms with Crippen molar-refractivity contribution in [3.05, 3.63) is 93.8 Å². The van der Waals surface area contributed by atoms with E-state index in [1.807, 2.05) is 37.3 Å². The fraction of sp³-hybridized carbons (Fsp3) is 0.0833. The van der Waals surface area contributed by atoms with Crippen LogP contribution in [0, 0.1) is 6.92 Å². The minimum absolute atomic E-state index is 0.128. The average Bonchev–Trinajstić information content (AvgIpc) is 2.72. The first-order chi connectivity index (χ1) is 14.5. The van der Waals surface area contributed by atoms with E-state index in [0.717, 1.165) is 10.9 Å². The van der Waals surface area contributed by atoms with Gasteiger partial charge in [0.25, 0.3) is 5.91 Å². The molecule has 1 heterocycles. The molecule has 0 atom stereocenters. The van der Waals surface area contributed by atoms with Crippen molar-refractivity contribution in [2.45, 2.75) is 6.92 Å². The Labute approximate surface area is 177 Å². The highest BCUT2D eigenvalue weighted by Crippen LogP contribution is 2.30. The highest BCUT2D eigenvalue weighted by Gasteiger charge is 2.13. The fourth-order valence-electron chi connectivity index (χ4n) is 3.11. The maximum atomic E-state index is 12.4. The summed E-state index contributed by atoms with van der Waals surface area (Å²) < 4.78 is 10.9.